The summed E-state index contributed by atoms with van der Waals surface area (Å²) in [6.07, 6.45) is 1.38. The smallest absolute Gasteiger partial charge is 0.212 e. The predicted molar refractivity (Wildman–Crippen MR) is 44.1 cm³/mol. The Morgan fingerprint density at radius 3 is 2.73 bits per heavy atom. The van der Waals surface area contributed by atoms with Crippen molar-refractivity contribution in [1.82, 2.24) is 0 Å². The first-order chi connectivity index (χ1) is 5.27. The number of amides is 1. The van der Waals surface area contributed by atoms with E-state index in [0.717, 1.165) is 16.9 Å². The van der Waals surface area contributed by atoms with Gasteiger partial charge in [-0.3, -0.25) is 9.59 Å². The number of anilines is 1. The molecule has 1 aromatic heterocycles. The van der Waals surface area contributed by atoms with Crippen molar-refractivity contribution < 1.29 is 9.59 Å². The zero-order valence-corrected chi connectivity index (χ0v) is 6.77. The van der Waals surface area contributed by atoms with E-state index in [9.17, 15) is 9.59 Å². The Hall–Kier alpha value is -1.16. The molecule has 0 unspecified atom stereocenters. The standard InChI is InChI=1S/C7H7NO2S/c1-5-2-6(3-9)11-7(5)8-4-10/h2-4H,1H3,(H,8,10). The van der Waals surface area contributed by atoms with E-state index in [1.54, 1.807) is 6.07 Å². The summed E-state index contributed by atoms with van der Waals surface area (Å²) < 4.78 is 0. The van der Waals surface area contributed by atoms with Crippen LogP contribution in [0.15, 0.2) is 6.07 Å². The second-order valence-corrected chi connectivity index (χ2v) is 3.12. The fourth-order valence-corrected chi connectivity index (χ4v) is 1.61. The zero-order chi connectivity index (χ0) is 8.27. The molecule has 1 rings (SSSR count). The largest absolute Gasteiger partial charge is 0.320 e. The maximum absolute atomic E-state index is 10.3. The predicted octanol–water partition coefficient (Wildman–Crippen LogP) is 1.44. The van der Waals surface area contributed by atoms with Gasteiger partial charge in [0.1, 0.15) is 0 Å². The maximum atomic E-state index is 10.3. The van der Waals surface area contributed by atoms with Gasteiger partial charge in [0.25, 0.3) is 0 Å². The summed E-state index contributed by atoms with van der Waals surface area (Å²) in [5, 5.41) is 3.25. The van der Waals surface area contributed by atoms with Crippen LogP contribution in [0.5, 0.6) is 0 Å². The van der Waals surface area contributed by atoms with E-state index in [1.807, 2.05) is 6.92 Å². The molecule has 1 N–H and O–H groups in total. The number of aldehydes is 1. The minimum atomic E-state index is 0.605. The second-order valence-electron chi connectivity index (χ2n) is 2.04. The molecule has 3 nitrogen and oxygen atoms in total. The van der Waals surface area contributed by atoms with Crippen LogP contribution in [-0.4, -0.2) is 12.7 Å². The number of hydrogen-bond acceptors (Lipinski definition) is 3. The molecule has 0 atom stereocenters. The highest BCUT2D eigenvalue weighted by Crippen LogP contribution is 2.25. The molecule has 4 heteroatoms. The summed E-state index contributed by atoms with van der Waals surface area (Å²) >= 11 is 1.27. The van der Waals surface area contributed by atoms with Gasteiger partial charge in [-0.2, -0.15) is 0 Å². The van der Waals surface area contributed by atoms with Crippen molar-refractivity contribution in [1.29, 1.82) is 0 Å². The van der Waals surface area contributed by atoms with Gasteiger partial charge < -0.3 is 5.32 Å². The lowest BCUT2D eigenvalue weighted by Gasteiger charge is -1.91. The molecule has 1 heterocycles. The van der Waals surface area contributed by atoms with Gasteiger partial charge in [-0.25, -0.2) is 0 Å². The minimum Gasteiger partial charge on any atom is -0.320 e. The lowest BCUT2D eigenvalue weighted by molar-refractivity contribution is -0.105. The van der Waals surface area contributed by atoms with Gasteiger partial charge in [0, 0.05) is 0 Å². The molecule has 0 aliphatic rings. The zero-order valence-electron chi connectivity index (χ0n) is 5.96. The summed E-state index contributed by atoms with van der Waals surface area (Å²) in [7, 11) is 0. The average molecular weight is 169 g/mol. The van der Waals surface area contributed by atoms with E-state index in [1.165, 1.54) is 11.3 Å². The molecule has 0 radical (unpaired) electrons. The van der Waals surface area contributed by atoms with Crippen LogP contribution in [0.1, 0.15) is 15.2 Å². The minimum absolute atomic E-state index is 0.605. The molecule has 58 valence electrons. The molecule has 0 aliphatic heterocycles. The second kappa shape index (κ2) is 3.30. The van der Waals surface area contributed by atoms with Crippen molar-refractivity contribution in [3.8, 4) is 0 Å². The monoisotopic (exact) mass is 169 g/mol. The van der Waals surface area contributed by atoms with Crippen LogP contribution in [0.2, 0.25) is 0 Å². The summed E-state index contributed by atoms with van der Waals surface area (Å²) in [5.41, 5.74) is 0.921. The van der Waals surface area contributed by atoms with E-state index in [0.29, 0.717) is 11.3 Å². The SMILES string of the molecule is Cc1cc(C=O)sc1NC=O. The van der Waals surface area contributed by atoms with Gasteiger partial charge in [-0.1, -0.05) is 0 Å². The first-order valence-corrected chi connectivity index (χ1v) is 3.85. The Bertz CT molecular complexity index is 280. The number of carbonyl (C=O) groups excluding carboxylic acids is 2. The summed E-state index contributed by atoms with van der Waals surface area (Å²) in [6, 6.07) is 1.74. The van der Waals surface area contributed by atoms with Gasteiger partial charge in [0.05, 0.1) is 9.88 Å². The fourth-order valence-electron chi connectivity index (χ4n) is 0.762. The molecular formula is C7H7NO2S. The highest BCUT2D eigenvalue weighted by molar-refractivity contribution is 7.17. The Kier molecular flexibility index (Phi) is 2.38. The van der Waals surface area contributed by atoms with Crippen molar-refractivity contribution in [3.63, 3.8) is 0 Å². The van der Waals surface area contributed by atoms with Crippen LogP contribution in [0, 0.1) is 6.92 Å². The first kappa shape index (κ1) is 7.94. The van der Waals surface area contributed by atoms with Gasteiger partial charge in [0.2, 0.25) is 6.41 Å². The van der Waals surface area contributed by atoms with E-state index in [4.69, 9.17) is 0 Å². The molecular weight excluding hydrogens is 162 g/mol. The first-order valence-electron chi connectivity index (χ1n) is 3.03. The number of rotatable bonds is 3. The van der Waals surface area contributed by atoms with Gasteiger partial charge in [-0.15, -0.1) is 11.3 Å². The van der Waals surface area contributed by atoms with Crippen LogP contribution < -0.4 is 5.32 Å². The molecule has 1 aromatic rings. The molecule has 0 aliphatic carbocycles. The van der Waals surface area contributed by atoms with Gasteiger partial charge in [0.15, 0.2) is 6.29 Å². The fraction of sp³-hybridized carbons (Fsp3) is 0.143. The summed E-state index contributed by atoms with van der Waals surface area (Å²) in [4.78, 5) is 20.9. The molecule has 11 heavy (non-hydrogen) atoms. The molecule has 0 aromatic carbocycles. The third kappa shape index (κ3) is 1.65. The Morgan fingerprint density at radius 1 is 1.55 bits per heavy atom. The van der Waals surface area contributed by atoms with E-state index >= 15 is 0 Å². The summed E-state index contributed by atoms with van der Waals surface area (Å²) in [5.74, 6) is 0. The third-order valence-corrected chi connectivity index (χ3v) is 2.34. The number of hydrogen-bond donors (Lipinski definition) is 1. The van der Waals surface area contributed by atoms with Crippen LogP contribution >= 0.6 is 11.3 Å². The lowest BCUT2D eigenvalue weighted by Crippen LogP contribution is -1.91. The van der Waals surface area contributed by atoms with Crippen molar-refractivity contribution in [2.75, 3.05) is 5.32 Å². The van der Waals surface area contributed by atoms with Crippen LogP contribution in [0.25, 0.3) is 0 Å². The van der Waals surface area contributed by atoms with Crippen molar-refractivity contribution in [2.24, 2.45) is 0 Å². The molecule has 1 amide bonds. The number of carbonyl (C=O) groups is 2. The molecule has 0 spiro atoms. The van der Waals surface area contributed by atoms with E-state index in [-0.39, 0.29) is 0 Å². The molecule has 0 bridgehead atoms. The van der Waals surface area contributed by atoms with Crippen molar-refractivity contribution in [2.45, 2.75) is 6.92 Å². The Morgan fingerprint density at radius 2 is 2.27 bits per heavy atom. The quantitative estimate of drug-likeness (QED) is 0.696. The van der Waals surface area contributed by atoms with E-state index in [2.05, 4.69) is 5.32 Å². The van der Waals surface area contributed by atoms with E-state index < -0.39 is 0 Å². The average Bonchev–Trinajstić information content (AvgIpc) is 2.33. The normalized spacial score (nSPS) is 9.18. The van der Waals surface area contributed by atoms with Crippen molar-refractivity contribution >= 4 is 29.0 Å². The number of aryl methyl sites for hydroxylation is 1. The van der Waals surface area contributed by atoms with Crippen LogP contribution in [-0.2, 0) is 4.79 Å². The van der Waals surface area contributed by atoms with Gasteiger partial charge in [-0.05, 0) is 18.6 Å². The van der Waals surface area contributed by atoms with Crippen molar-refractivity contribution in [3.05, 3.63) is 16.5 Å². The molecule has 0 saturated carbocycles. The highest BCUT2D eigenvalue weighted by atomic mass is 32.1. The van der Waals surface area contributed by atoms with Crippen LogP contribution in [0.3, 0.4) is 0 Å². The molecule has 0 saturated heterocycles. The Balaban J connectivity index is 2.96. The highest BCUT2D eigenvalue weighted by Gasteiger charge is 2.02. The maximum Gasteiger partial charge on any atom is 0.212 e. The lowest BCUT2D eigenvalue weighted by atomic mass is 10.3. The van der Waals surface area contributed by atoms with Gasteiger partial charge >= 0.3 is 0 Å². The van der Waals surface area contributed by atoms with Crippen LogP contribution in [0.4, 0.5) is 5.00 Å². The number of nitrogens with one attached hydrogen (secondary N) is 1. The Labute approximate surface area is 68.0 Å². The topological polar surface area (TPSA) is 46.2 Å². The summed E-state index contributed by atoms with van der Waals surface area (Å²) in [6.45, 7) is 1.84. The molecule has 0 fully saturated rings. The number of thiophene rings is 1. The third-order valence-electron chi connectivity index (χ3n) is 1.24.